The average Bonchev–Trinajstić information content (AvgIpc) is 3.08. The Morgan fingerprint density at radius 2 is 1.93 bits per heavy atom. The molecule has 2 aromatic carbocycles. The van der Waals surface area contributed by atoms with Crippen LogP contribution in [0.3, 0.4) is 0 Å². The second-order valence-electron chi connectivity index (χ2n) is 6.13. The van der Waals surface area contributed by atoms with E-state index in [2.05, 4.69) is 31.0 Å². The van der Waals surface area contributed by atoms with Crippen molar-refractivity contribution in [2.45, 2.75) is 24.2 Å². The smallest absolute Gasteiger partial charge is 0.240 e. The standard InChI is InChI=1S/C19H20BrN3O3S2/c20-14-5-3-6-15(13-14)28(25,26)22-12-10-18(24)21-11-4-9-19-23-16-7-1-2-8-17(16)27-19/h1-3,5-8,13,22H,4,9-12H2,(H,21,24). The summed E-state index contributed by atoms with van der Waals surface area (Å²) in [5.41, 5.74) is 1.00. The van der Waals surface area contributed by atoms with Crippen molar-refractivity contribution < 1.29 is 13.2 Å². The van der Waals surface area contributed by atoms with E-state index in [0.717, 1.165) is 23.4 Å². The first-order valence-corrected chi connectivity index (χ1v) is 11.9. The monoisotopic (exact) mass is 481 g/mol. The van der Waals surface area contributed by atoms with Crippen LogP contribution in [-0.2, 0) is 21.2 Å². The predicted molar refractivity (Wildman–Crippen MR) is 115 cm³/mol. The van der Waals surface area contributed by atoms with Crippen molar-refractivity contribution in [1.82, 2.24) is 15.0 Å². The molecule has 9 heteroatoms. The van der Waals surface area contributed by atoms with Gasteiger partial charge in [-0.2, -0.15) is 0 Å². The fourth-order valence-corrected chi connectivity index (χ4v) is 5.24. The van der Waals surface area contributed by atoms with E-state index in [9.17, 15) is 13.2 Å². The van der Waals surface area contributed by atoms with Gasteiger partial charge >= 0.3 is 0 Å². The van der Waals surface area contributed by atoms with Gasteiger partial charge in [0.2, 0.25) is 15.9 Å². The fraction of sp³-hybridized carbons (Fsp3) is 0.263. The fourth-order valence-electron chi connectivity index (χ4n) is 2.60. The Labute approximate surface area is 176 Å². The van der Waals surface area contributed by atoms with Gasteiger partial charge in [-0.15, -0.1) is 11.3 Å². The summed E-state index contributed by atoms with van der Waals surface area (Å²) >= 11 is 4.92. The molecule has 0 bridgehead atoms. The van der Waals surface area contributed by atoms with Crippen LogP contribution in [-0.4, -0.2) is 32.4 Å². The molecule has 1 heterocycles. The zero-order chi connectivity index (χ0) is 20.0. The molecule has 3 aromatic rings. The number of thiazole rings is 1. The normalized spacial score (nSPS) is 11.6. The summed E-state index contributed by atoms with van der Waals surface area (Å²) in [4.78, 5) is 16.6. The third kappa shape index (κ3) is 5.84. The molecule has 0 fully saturated rings. The Hall–Kier alpha value is -1.81. The van der Waals surface area contributed by atoms with Crippen molar-refractivity contribution >= 4 is 53.4 Å². The molecule has 148 valence electrons. The van der Waals surface area contributed by atoms with Crippen LogP contribution in [0.1, 0.15) is 17.8 Å². The molecule has 1 amide bonds. The zero-order valence-corrected chi connectivity index (χ0v) is 18.2. The first-order chi connectivity index (χ1) is 13.4. The van der Waals surface area contributed by atoms with Gasteiger partial charge in [0.25, 0.3) is 0 Å². The number of aromatic nitrogens is 1. The van der Waals surface area contributed by atoms with Crippen LogP contribution in [0.25, 0.3) is 10.2 Å². The number of amides is 1. The van der Waals surface area contributed by atoms with Crippen molar-refractivity contribution in [2.75, 3.05) is 13.1 Å². The van der Waals surface area contributed by atoms with Crippen molar-refractivity contribution in [3.63, 3.8) is 0 Å². The second kappa shape index (κ2) is 9.60. The Morgan fingerprint density at radius 3 is 2.71 bits per heavy atom. The number of halogens is 1. The first kappa shape index (κ1) is 20.9. The number of carbonyl (C=O) groups is 1. The van der Waals surface area contributed by atoms with Gasteiger partial charge < -0.3 is 5.32 Å². The number of nitrogens with one attached hydrogen (secondary N) is 2. The number of hydrogen-bond acceptors (Lipinski definition) is 5. The van der Waals surface area contributed by atoms with Gasteiger partial charge in [-0.3, -0.25) is 4.79 Å². The van der Waals surface area contributed by atoms with Gasteiger partial charge in [-0.05, 0) is 36.8 Å². The van der Waals surface area contributed by atoms with Gasteiger partial charge in [0, 0.05) is 30.4 Å². The Kier molecular flexibility index (Phi) is 7.17. The molecule has 6 nitrogen and oxygen atoms in total. The average molecular weight is 482 g/mol. The van der Waals surface area contributed by atoms with E-state index in [4.69, 9.17) is 0 Å². The van der Waals surface area contributed by atoms with Gasteiger partial charge in [0.15, 0.2) is 0 Å². The molecule has 2 N–H and O–H groups in total. The number of benzene rings is 2. The van der Waals surface area contributed by atoms with Crippen molar-refractivity contribution in [3.05, 3.63) is 58.0 Å². The van der Waals surface area contributed by atoms with E-state index < -0.39 is 10.0 Å². The number of sulfonamides is 1. The lowest BCUT2D eigenvalue weighted by molar-refractivity contribution is -0.120. The highest BCUT2D eigenvalue weighted by atomic mass is 79.9. The molecule has 0 atom stereocenters. The minimum Gasteiger partial charge on any atom is -0.356 e. The number of aryl methyl sites for hydroxylation is 1. The maximum atomic E-state index is 12.2. The number of fused-ring (bicyclic) bond motifs is 1. The third-order valence-corrected chi connectivity index (χ3v) is 7.03. The summed E-state index contributed by atoms with van der Waals surface area (Å²) in [5, 5.41) is 3.87. The molecule has 28 heavy (non-hydrogen) atoms. The van der Waals surface area contributed by atoms with Gasteiger partial charge in [-0.25, -0.2) is 18.1 Å². The summed E-state index contributed by atoms with van der Waals surface area (Å²) in [5.74, 6) is -0.179. The molecule has 0 saturated carbocycles. The summed E-state index contributed by atoms with van der Waals surface area (Å²) < 4.78 is 28.7. The van der Waals surface area contributed by atoms with Gasteiger partial charge in [0.1, 0.15) is 0 Å². The van der Waals surface area contributed by atoms with Crippen molar-refractivity contribution in [3.8, 4) is 0 Å². The highest BCUT2D eigenvalue weighted by Crippen LogP contribution is 2.22. The van der Waals surface area contributed by atoms with E-state index in [-0.39, 0.29) is 23.8 Å². The molecular formula is C19H20BrN3O3S2. The van der Waals surface area contributed by atoms with Crippen molar-refractivity contribution in [2.24, 2.45) is 0 Å². The lowest BCUT2D eigenvalue weighted by atomic mass is 10.3. The van der Waals surface area contributed by atoms with E-state index in [1.54, 1.807) is 23.5 Å². The zero-order valence-electron chi connectivity index (χ0n) is 15.0. The molecular weight excluding hydrogens is 462 g/mol. The predicted octanol–water partition coefficient (Wildman–Crippen LogP) is 3.48. The van der Waals surface area contributed by atoms with Crippen LogP contribution in [0.5, 0.6) is 0 Å². The van der Waals surface area contributed by atoms with Crippen LogP contribution in [0.4, 0.5) is 0 Å². The molecule has 0 aliphatic rings. The maximum Gasteiger partial charge on any atom is 0.240 e. The minimum absolute atomic E-state index is 0.0541. The van der Waals surface area contributed by atoms with Crippen LogP contribution in [0.15, 0.2) is 57.9 Å². The molecule has 3 rings (SSSR count). The Morgan fingerprint density at radius 1 is 1.11 bits per heavy atom. The number of para-hydroxylation sites is 1. The highest BCUT2D eigenvalue weighted by molar-refractivity contribution is 9.10. The molecule has 0 radical (unpaired) electrons. The topological polar surface area (TPSA) is 88.2 Å². The molecule has 1 aromatic heterocycles. The molecule has 0 unspecified atom stereocenters. The largest absolute Gasteiger partial charge is 0.356 e. The summed E-state index contributed by atoms with van der Waals surface area (Å²) in [6.07, 6.45) is 1.68. The lowest BCUT2D eigenvalue weighted by Gasteiger charge is -2.08. The first-order valence-electron chi connectivity index (χ1n) is 8.80. The van der Waals surface area contributed by atoms with Gasteiger partial charge in [0.05, 0.1) is 20.1 Å². The van der Waals surface area contributed by atoms with Crippen LogP contribution in [0, 0.1) is 0 Å². The van der Waals surface area contributed by atoms with Crippen LogP contribution >= 0.6 is 27.3 Å². The molecule has 0 spiro atoms. The van der Waals surface area contributed by atoms with E-state index in [0.29, 0.717) is 11.0 Å². The minimum atomic E-state index is -3.62. The number of nitrogens with zero attached hydrogens (tertiary/aromatic N) is 1. The third-order valence-electron chi connectivity index (χ3n) is 3.98. The van der Waals surface area contributed by atoms with Crippen LogP contribution in [0.2, 0.25) is 0 Å². The molecule has 0 aliphatic heterocycles. The highest BCUT2D eigenvalue weighted by Gasteiger charge is 2.14. The van der Waals surface area contributed by atoms with E-state index in [1.807, 2.05) is 24.3 Å². The summed E-state index contributed by atoms with van der Waals surface area (Å²) in [7, 11) is -3.62. The summed E-state index contributed by atoms with van der Waals surface area (Å²) in [6, 6.07) is 14.4. The maximum absolute atomic E-state index is 12.2. The lowest BCUT2D eigenvalue weighted by Crippen LogP contribution is -2.31. The Bertz CT molecular complexity index is 1030. The van der Waals surface area contributed by atoms with Crippen LogP contribution < -0.4 is 10.0 Å². The second-order valence-corrected chi connectivity index (χ2v) is 9.93. The van der Waals surface area contributed by atoms with E-state index in [1.165, 1.54) is 16.8 Å². The Balaban J connectivity index is 1.36. The number of hydrogen-bond donors (Lipinski definition) is 2. The molecule has 0 aliphatic carbocycles. The number of rotatable bonds is 9. The van der Waals surface area contributed by atoms with E-state index >= 15 is 0 Å². The SMILES string of the molecule is O=C(CCNS(=O)(=O)c1cccc(Br)c1)NCCCc1nc2ccccc2s1. The van der Waals surface area contributed by atoms with Crippen molar-refractivity contribution in [1.29, 1.82) is 0 Å². The van der Waals surface area contributed by atoms with Gasteiger partial charge in [-0.1, -0.05) is 34.1 Å². The molecule has 0 saturated heterocycles. The quantitative estimate of drug-likeness (QED) is 0.458. The summed E-state index contributed by atoms with van der Waals surface area (Å²) in [6.45, 7) is 0.589. The number of carbonyl (C=O) groups excluding carboxylic acids is 1.